The lowest BCUT2D eigenvalue weighted by Crippen LogP contribution is -2.43. The van der Waals surface area contributed by atoms with Gasteiger partial charge in [-0.15, -0.1) is 0 Å². The molecule has 6 heteroatoms. The van der Waals surface area contributed by atoms with Crippen LogP contribution in [0.2, 0.25) is 0 Å². The summed E-state index contributed by atoms with van der Waals surface area (Å²) in [6.07, 6.45) is 3.42. The average molecular weight is 522 g/mol. The molecule has 5 rings (SSSR count). The van der Waals surface area contributed by atoms with Gasteiger partial charge >= 0.3 is 0 Å². The summed E-state index contributed by atoms with van der Waals surface area (Å²) in [5.74, 6) is 2.52. The van der Waals surface area contributed by atoms with Crippen molar-refractivity contribution in [2.24, 2.45) is 5.92 Å². The largest absolute Gasteiger partial charge is 0.492 e. The van der Waals surface area contributed by atoms with Crippen molar-refractivity contribution < 1.29 is 14.3 Å². The van der Waals surface area contributed by atoms with Gasteiger partial charge in [-0.05, 0) is 73.5 Å². The van der Waals surface area contributed by atoms with Crippen LogP contribution in [0.25, 0.3) is 0 Å². The van der Waals surface area contributed by atoms with E-state index >= 15 is 0 Å². The summed E-state index contributed by atoms with van der Waals surface area (Å²) in [6.45, 7) is 4.28. The molecule has 1 aliphatic heterocycles. The highest BCUT2D eigenvalue weighted by Gasteiger charge is 2.30. The van der Waals surface area contributed by atoms with Gasteiger partial charge in [-0.25, -0.2) is 4.98 Å². The van der Waals surface area contributed by atoms with Crippen LogP contribution in [-0.4, -0.2) is 42.0 Å². The van der Waals surface area contributed by atoms with Crippen molar-refractivity contribution in [1.82, 2.24) is 9.88 Å². The molecule has 1 aromatic heterocycles. The number of carbonyl (C=O) groups is 1. The first-order valence-corrected chi connectivity index (χ1v) is 13.6. The van der Waals surface area contributed by atoms with Crippen molar-refractivity contribution in [2.45, 2.75) is 26.0 Å². The van der Waals surface area contributed by atoms with E-state index in [0.717, 1.165) is 55.1 Å². The molecule has 3 aromatic carbocycles. The number of rotatable bonds is 11. The molecular formula is C33H35N3O3. The first kappa shape index (κ1) is 26.4. The van der Waals surface area contributed by atoms with Crippen LogP contribution >= 0.6 is 0 Å². The number of hydrogen-bond donors (Lipinski definition) is 0. The Hall–Kier alpha value is -4.16. The second kappa shape index (κ2) is 13.6. The molecule has 1 aliphatic rings. The summed E-state index contributed by atoms with van der Waals surface area (Å²) in [7, 11) is 0. The number of aromatic nitrogens is 1. The number of benzene rings is 3. The second-order valence-electron chi connectivity index (χ2n) is 9.81. The molecule has 1 amide bonds. The van der Waals surface area contributed by atoms with Crippen LogP contribution in [0.3, 0.4) is 0 Å². The number of piperidine rings is 1. The minimum atomic E-state index is -0.00341. The van der Waals surface area contributed by atoms with E-state index in [4.69, 9.17) is 9.47 Å². The van der Waals surface area contributed by atoms with E-state index in [1.54, 1.807) is 6.20 Å². The van der Waals surface area contributed by atoms with Gasteiger partial charge in [-0.1, -0.05) is 66.7 Å². The van der Waals surface area contributed by atoms with E-state index in [0.29, 0.717) is 25.6 Å². The normalized spacial score (nSPS) is 14.1. The third-order valence-electron chi connectivity index (χ3n) is 7.06. The van der Waals surface area contributed by atoms with Crippen molar-refractivity contribution in [3.8, 4) is 11.5 Å². The summed E-state index contributed by atoms with van der Waals surface area (Å²) in [4.78, 5) is 22.3. The predicted octanol–water partition coefficient (Wildman–Crippen LogP) is 5.98. The van der Waals surface area contributed by atoms with Gasteiger partial charge in [0.1, 0.15) is 30.5 Å². The summed E-state index contributed by atoms with van der Waals surface area (Å²) in [5, 5.41) is 0. The summed E-state index contributed by atoms with van der Waals surface area (Å²) >= 11 is 0. The van der Waals surface area contributed by atoms with E-state index in [-0.39, 0.29) is 11.8 Å². The van der Waals surface area contributed by atoms with E-state index in [1.165, 1.54) is 0 Å². The van der Waals surface area contributed by atoms with Gasteiger partial charge in [0.2, 0.25) is 5.91 Å². The number of amides is 1. The Bertz CT molecular complexity index is 1280. The molecule has 4 aromatic rings. The third-order valence-corrected chi connectivity index (χ3v) is 7.06. The zero-order valence-corrected chi connectivity index (χ0v) is 22.2. The molecule has 0 atom stereocenters. The highest BCUT2D eigenvalue weighted by molar-refractivity contribution is 5.94. The number of carbonyl (C=O) groups excluding carboxylic acids is 1. The monoisotopic (exact) mass is 521 g/mol. The third kappa shape index (κ3) is 7.68. The summed E-state index contributed by atoms with van der Waals surface area (Å²) in [6, 6.07) is 33.7. The minimum absolute atomic E-state index is 0.00341. The van der Waals surface area contributed by atoms with Gasteiger partial charge < -0.3 is 9.47 Å². The molecule has 1 saturated heterocycles. The number of likely N-dealkylation sites (tertiary alicyclic amines) is 1. The molecule has 1 fully saturated rings. The predicted molar refractivity (Wildman–Crippen MR) is 154 cm³/mol. The smallest absolute Gasteiger partial charge is 0.231 e. The molecule has 0 N–H and O–H groups in total. The standard InChI is InChI=1S/C33H35N3O3/c37-33(36(32-13-7-8-20-34-32)25-27-9-3-1-4-10-27)29-18-21-35(22-19-29)23-24-38-30-14-16-31(17-15-30)39-26-28-11-5-2-6-12-28/h1-17,20,29H,18-19,21-26H2. The zero-order valence-electron chi connectivity index (χ0n) is 22.2. The van der Waals surface area contributed by atoms with Gasteiger partial charge in [0.15, 0.2) is 0 Å². The fourth-order valence-corrected chi connectivity index (χ4v) is 4.84. The zero-order chi connectivity index (χ0) is 26.7. The van der Waals surface area contributed by atoms with Crippen LogP contribution in [0.15, 0.2) is 109 Å². The second-order valence-corrected chi connectivity index (χ2v) is 9.81. The van der Waals surface area contributed by atoms with Crippen molar-refractivity contribution in [3.63, 3.8) is 0 Å². The lowest BCUT2D eigenvalue weighted by Gasteiger charge is -2.34. The molecule has 6 nitrogen and oxygen atoms in total. The fraction of sp³-hybridized carbons (Fsp3) is 0.273. The molecular weight excluding hydrogens is 486 g/mol. The van der Waals surface area contributed by atoms with Crippen LogP contribution in [0.4, 0.5) is 5.82 Å². The molecule has 39 heavy (non-hydrogen) atoms. The molecule has 0 saturated carbocycles. The summed E-state index contributed by atoms with van der Waals surface area (Å²) in [5.41, 5.74) is 2.24. The van der Waals surface area contributed by atoms with Crippen molar-refractivity contribution >= 4 is 11.7 Å². The highest BCUT2D eigenvalue weighted by atomic mass is 16.5. The number of ether oxygens (including phenoxy) is 2. The first-order valence-electron chi connectivity index (χ1n) is 13.6. The Morgan fingerprint density at radius 3 is 2.03 bits per heavy atom. The van der Waals surface area contributed by atoms with Gasteiger partial charge in [-0.3, -0.25) is 14.6 Å². The lowest BCUT2D eigenvalue weighted by atomic mass is 9.95. The number of pyridine rings is 1. The Kier molecular flexibility index (Phi) is 9.21. The van der Waals surface area contributed by atoms with E-state index in [1.807, 2.05) is 83.8 Å². The van der Waals surface area contributed by atoms with Gasteiger partial charge in [0.05, 0.1) is 6.54 Å². The molecule has 200 valence electrons. The fourth-order valence-electron chi connectivity index (χ4n) is 4.84. The Labute approximate surface area is 230 Å². The van der Waals surface area contributed by atoms with E-state index in [9.17, 15) is 4.79 Å². The van der Waals surface area contributed by atoms with E-state index < -0.39 is 0 Å². The van der Waals surface area contributed by atoms with Crippen LogP contribution in [0, 0.1) is 5.92 Å². The Balaban J connectivity index is 1.07. The van der Waals surface area contributed by atoms with Crippen LogP contribution in [-0.2, 0) is 17.9 Å². The van der Waals surface area contributed by atoms with Crippen molar-refractivity contribution in [1.29, 1.82) is 0 Å². The van der Waals surface area contributed by atoms with E-state index in [2.05, 4.69) is 34.1 Å². The quantitative estimate of drug-likeness (QED) is 0.243. The topological polar surface area (TPSA) is 54.9 Å². The Morgan fingerprint density at radius 1 is 0.769 bits per heavy atom. The molecule has 0 unspecified atom stereocenters. The lowest BCUT2D eigenvalue weighted by molar-refractivity contribution is -0.124. The number of anilines is 1. The van der Waals surface area contributed by atoms with Crippen LogP contribution in [0.5, 0.6) is 11.5 Å². The molecule has 0 spiro atoms. The maximum Gasteiger partial charge on any atom is 0.231 e. The average Bonchev–Trinajstić information content (AvgIpc) is 3.01. The maximum absolute atomic E-state index is 13.6. The molecule has 0 radical (unpaired) electrons. The maximum atomic E-state index is 13.6. The first-order chi connectivity index (χ1) is 19.2. The SMILES string of the molecule is O=C(C1CCN(CCOc2ccc(OCc3ccccc3)cc2)CC1)N(Cc1ccccc1)c1ccccn1. The summed E-state index contributed by atoms with van der Waals surface area (Å²) < 4.78 is 11.8. The van der Waals surface area contributed by atoms with Crippen LogP contribution in [0.1, 0.15) is 24.0 Å². The Morgan fingerprint density at radius 2 is 1.38 bits per heavy atom. The minimum Gasteiger partial charge on any atom is -0.492 e. The van der Waals surface area contributed by atoms with Crippen molar-refractivity contribution in [2.75, 3.05) is 31.1 Å². The van der Waals surface area contributed by atoms with Gasteiger partial charge in [-0.2, -0.15) is 0 Å². The van der Waals surface area contributed by atoms with Crippen LogP contribution < -0.4 is 14.4 Å². The molecule has 0 aliphatic carbocycles. The van der Waals surface area contributed by atoms with Crippen molar-refractivity contribution in [3.05, 3.63) is 120 Å². The molecule has 2 heterocycles. The molecule has 0 bridgehead atoms. The van der Waals surface area contributed by atoms with Gasteiger partial charge in [0, 0.05) is 18.7 Å². The highest BCUT2D eigenvalue weighted by Crippen LogP contribution is 2.24. The number of nitrogens with zero attached hydrogens (tertiary/aromatic N) is 3. The number of hydrogen-bond acceptors (Lipinski definition) is 5. The van der Waals surface area contributed by atoms with Gasteiger partial charge in [0.25, 0.3) is 0 Å².